The molecule has 0 radical (unpaired) electrons. The maximum absolute atomic E-state index is 11.6. The molecule has 0 fully saturated rings. The van der Waals surface area contributed by atoms with Gasteiger partial charge in [-0.25, -0.2) is 0 Å². The number of aliphatic imine (C=N–C) groups is 1. The predicted octanol–water partition coefficient (Wildman–Crippen LogP) is 2.85. The van der Waals surface area contributed by atoms with Crippen LogP contribution in [0, 0.1) is 0 Å². The Balaban J connectivity index is 2.05. The number of nitrogens with zero attached hydrogens (tertiary/aromatic N) is 1. The van der Waals surface area contributed by atoms with Crippen LogP contribution in [0.3, 0.4) is 0 Å². The molecule has 0 atom stereocenters. The van der Waals surface area contributed by atoms with Crippen LogP contribution in [0.1, 0.15) is 52.2 Å². The fourth-order valence-electron chi connectivity index (χ4n) is 1.98. The molecule has 0 amide bonds. The van der Waals surface area contributed by atoms with Crippen molar-refractivity contribution in [1.82, 2.24) is 10.6 Å². The molecule has 23 heavy (non-hydrogen) atoms. The molecular formula is C17H29N3O3. The van der Waals surface area contributed by atoms with Crippen molar-refractivity contribution in [1.29, 1.82) is 0 Å². The zero-order chi connectivity index (χ0) is 17.1. The van der Waals surface area contributed by atoms with E-state index in [1.807, 2.05) is 32.9 Å². The SMILES string of the molecule is CN=C(NCCCCCC(=O)OC(C)(C)C)NCc1ccco1. The first-order valence-electron chi connectivity index (χ1n) is 8.09. The molecule has 0 aliphatic carbocycles. The fourth-order valence-corrected chi connectivity index (χ4v) is 1.98. The van der Waals surface area contributed by atoms with Crippen LogP contribution in [0.15, 0.2) is 27.8 Å². The van der Waals surface area contributed by atoms with Crippen molar-refractivity contribution < 1.29 is 13.9 Å². The summed E-state index contributed by atoms with van der Waals surface area (Å²) in [4.78, 5) is 15.7. The average molecular weight is 323 g/mol. The second-order valence-corrected chi connectivity index (χ2v) is 6.33. The number of hydrogen-bond acceptors (Lipinski definition) is 4. The van der Waals surface area contributed by atoms with Crippen LogP contribution in [-0.2, 0) is 16.1 Å². The van der Waals surface area contributed by atoms with Crippen molar-refractivity contribution >= 4 is 11.9 Å². The number of ether oxygens (including phenoxy) is 1. The molecule has 0 aromatic carbocycles. The first kappa shape index (κ1) is 19.1. The van der Waals surface area contributed by atoms with Crippen LogP contribution in [0.25, 0.3) is 0 Å². The number of hydrogen-bond donors (Lipinski definition) is 2. The second kappa shape index (κ2) is 9.92. The number of unbranched alkanes of at least 4 members (excludes halogenated alkanes) is 2. The van der Waals surface area contributed by atoms with Gasteiger partial charge < -0.3 is 19.8 Å². The van der Waals surface area contributed by atoms with Gasteiger partial charge in [-0.15, -0.1) is 0 Å². The van der Waals surface area contributed by atoms with E-state index in [2.05, 4.69) is 15.6 Å². The largest absolute Gasteiger partial charge is 0.467 e. The second-order valence-electron chi connectivity index (χ2n) is 6.33. The van der Waals surface area contributed by atoms with Crippen LogP contribution in [0.5, 0.6) is 0 Å². The molecule has 0 spiro atoms. The molecule has 1 rings (SSSR count). The molecule has 0 saturated carbocycles. The van der Waals surface area contributed by atoms with E-state index in [4.69, 9.17) is 9.15 Å². The molecule has 0 aliphatic heterocycles. The molecule has 1 aromatic heterocycles. The third-order valence-corrected chi connectivity index (χ3v) is 3.00. The van der Waals surface area contributed by atoms with Crippen molar-refractivity contribution in [3.05, 3.63) is 24.2 Å². The molecule has 130 valence electrons. The summed E-state index contributed by atoms with van der Waals surface area (Å²) in [5.74, 6) is 1.49. The van der Waals surface area contributed by atoms with Gasteiger partial charge in [0.15, 0.2) is 5.96 Å². The molecule has 0 bridgehead atoms. The molecule has 6 nitrogen and oxygen atoms in total. The Morgan fingerprint density at radius 1 is 1.26 bits per heavy atom. The average Bonchev–Trinajstić information content (AvgIpc) is 2.97. The summed E-state index contributed by atoms with van der Waals surface area (Å²) in [6.45, 7) is 7.07. The molecular weight excluding hydrogens is 294 g/mol. The highest BCUT2D eigenvalue weighted by molar-refractivity contribution is 5.79. The minimum Gasteiger partial charge on any atom is -0.467 e. The third-order valence-electron chi connectivity index (χ3n) is 3.00. The zero-order valence-electron chi connectivity index (χ0n) is 14.6. The maximum Gasteiger partial charge on any atom is 0.306 e. The van der Waals surface area contributed by atoms with Crippen molar-refractivity contribution in [2.75, 3.05) is 13.6 Å². The lowest BCUT2D eigenvalue weighted by molar-refractivity contribution is -0.154. The lowest BCUT2D eigenvalue weighted by Crippen LogP contribution is -2.37. The van der Waals surface area contributed by atoms with Gasteiger partial charge in [0.25, 0.3) is 0 Å². The Kier molecular flexibility index (Phi) is 8.22. The normalized spacial score (nSPS) is 12.1. The number of nitrogens with one attached hydrogen (secondary N) is 2. The van der Waals surface area contributed by atoms with Crippen LogP contribution in [0.2, 0.25) is 0 Å². The van der Waals surface area contributed by atoms with Gasteiger partial charge in [0.05, 0.1) is 12.8 Å². The highest BCUT2D eigenvalue weighted by atomic mass is 16.6. The summed E-state index contributed by atoms with van der Waals surface area (Å²) >= 11 is 0. The topological polar surface area (TPSA) is 75.9 Å². The standard InChI is InChI=1S/C17H29N3O3/c1-17(2,3)23-15(21)10-6-5-7-11-19-16(18-4)20-13-14-9-8-12-22-14/h8-9,12H,5-7,10-11,13H2,1-4H3,(H2,18,19,20). The van der Waals surface area contributed by atoms with Crippen molar-refractivity contribution in [3.63, 3.8) is 0 Å². The van der Waals surface area contributed by atoms with Crippen molar-refractivity contribution in [2.24, 2.45) is 4.99 Å². The van der Waals surface area contributed by atoms with E-state index in [0.717, 1.165) is 37.5 Å². The Bertz CT molecular complexity index is 476. The number of carbonyl (C=O) groups is 1. The van der Waals surface area contributed by atoms with E-state index in [-0.39, 0.29) is 5.97 Å². The summed E-state index contributed by atoms with van der Waals surface area (Å²) in [7, 11) is 1.74. The van der Waals surface area contributed by atoms with E-state index in [9.17, 15) is 4.79 Å². The van der Waals surface area contributed by atoms with Crippen LogP contribution in [0.4, 0.5) is 0 Å². The molecule has 1 heterocycles. The van der Waals surface area contributed by atoms with E-state index < -0.39 is 5.60 Å². The van der Waals surface area contributed by atoms with Gasteiger partial charge in [-0.3, -0.25) is 9.79 Å². The Morgan fingerprint density at radius 2 is 2.04 bits per heavy atom. The Morgan fingerprint density at radius 3 is 2.65 bits per heavy atom. The summed E-state index contributed by atoms with van der Waals surface area (Å²) in [5, 5.41) is 6.42. The number of guanidine groups is 1. The van der Waals surface area contributed by atoms with Gasteiger partial charge in [-0.05, 0) is 45.7 Å². The van der Waals surface area contributed by atoms with Crippen LogP contribution >= 0.6 is 0 Å². The fraction of sp³-hybridized carbons (Fsp3) is 0.647. The monoisotopic (exact) mass is 323 g/mol. The van der Waals surface area contributed by atoms with Crippen molar-refractivity contribution in [2.45, 2.75) is 58.6 Å². The first-order chi connectivity index (χ1) is 10.9. The van der Waals surface area contributed by atoms with E-state index in [1.165, 1.54) is 0 Å². The number of rotatable bonds is 8. The Labute approximate surface area is 138 Å². The van der Waals surface area contributed by atoms with Crippen LogP contribution in [-0.4, -0.2) is 31.1 Å². The molecule has 2 N–H and O–H groups in total. The van der Waals surface area contributed by atoms with Gasteiger partial charge >= 0.3 is 5.97 Å². The maximum atomic E-state index is 11.6. The summed E-state index contributed by atoms with van der Waals surface area (Å²) in [5.41, 5.74) is -0.398. The molecule has 0 saturated heterocycles. The number of carbonyl (C=O) groups excluding carboxylic acids is 1. The smallest absolute Gasteiger partial charge is 0.306 e. The lowest BCUT2D eigenvalue weighted by atomic mass is 10.1. The predicted molar refractivity (Wildman–Crippen MR) is 91.2 cm³/mol. The Hall–Kier alpha value is -1.98. The van der Waals surface area contributed by atoms with Gasteiger partial charge in [0.1, 0.15) is 11.4 Å². The number of esters is 1. The highest BCUT2D eigenvalue weighted by Crippen LogP contribution is 2.10. The van der Waals surface area contributed by atoms with E-state index >= 15 is 0 Å². The molecule has 0 aliphatic rings. The lowest BCUT2D eigenvalue weighted by Gasteiger charge is -2.19. The van der Waals surface area contributed by atoms with E-state index in [0.29, 0.717) is 13.0 Å². The number of furan rings is 1. The van der Waals surface area contributed by atoms with Gasteiger partial charge in [-0.2, -0.15) is 0 Å². The van der Waals surface area contributed by atoms with E-state index in [1.54, 1.807) is 13.3 Å². The van der Waals surface area contributed by atoms with Gasteiger partial charge in [-0.1, -0.05) is 6.42 Å². The summed E-state index contributed by atoms with van der Waals surface area (Å²) in [6, 6.07) is 3.77. The molecule has 0 unspecified atom stereocenters. The van der Waals surface area contributed by atoms with Gasteiger partial charge in [0, 0.05) is 20.0 Å². The minimum absolute atomic E-state index is 0.124. The molecule has 1 aromatic rings. The third kappa shape index (κ3) is 9.60. The molecule has 6 heteroatoms. The zero-order valence-corrected chi connectivity index (χ0v) is 14.6. The van der Waals surface area contributed by atoms with Gasteiger partial charge in [0.2, 0.25) is 0 Å². The quantitative estimate of drug-likeness (QED) is 0.333. The van der Waals surface area contributed by atoms with Crippen LogP contribution < -0.4 is 10.6 Å². The van der Waals surface area contributed by atoms with Crippen molar-refractivity contribution in [3.8, 4) is 0 Å². The first-order valence-corrected chi connectivity index (χ1v) is 8.09. The summed E-state index contributed by atoms with van der Waals surface area (Å²) < 4.78 is 10.5. The highest BCUT2D eigenvalue weighted by Gasteiger charge is 2.15. The minimum atomic E-state index is -0.398. The summed E-state index contributed by atoms with van der Waals surface area (Å²) in [6.07, 6.45) is 4.92.